The highest BCUT2D eigenvalue weighted by Crippen LogP contribution is 2.68. The SMILES string of the molecule is C[C@@H]1CC2C3CCC4=Cc5c(cnn5-c5ccncn5)CC4(C)C3C(O)CC2(C)[C@@]1(O)C(=O)CO. The first-order chi connectivity index (χ1) is 16.6. The van der Waals surface area contributed by atoms with Crippen LogP contribution in [0.1, 0.15) is 57.7 Å². The molecule has 0 spiro atoms. The fourth-order valence-corrected chi connectivity index (χ4v) is 8.82. The second-order valence-electron chi connectivity index (χ2n) is 11.8. The number of nitrogens with zero attached hydrogens (tertiary/aromatic N) is 4. The van der Waals surface area contributed by atoms with Gasteiger partial charge in [-0.05, 0) is 72.8 Å². The van der Waals surface area contributed by atoms with Gasteiger partial charge in [-0.2, -0.15) is 5.10 Å². The van der Waals surface area contributed by atoms with Crippen LogP contribution in [0.15, 0.2) is 30.4 Å². The van der Waals surface area contributed by atoms with Gasteiger partial charge < -0.3 is 15.3 Å². The third-order valence-corrected chi connectivity index (χ3v) is 10.4. The molecule has 2 heterocycles. The Morgan fingerprint density at radius 3 is 2.83 bits per heavy atom. The molecule has 4 aliphatic carbocycles. The van der Waals surface area contributed by atoms with Crippen molar-refractivity contribution in [3.8, 4) is 5.82 Å². The third kappa shape index (κ3) is 2.84. The number of hydrogen-bond acceptors (Lipinski definition) is 7. The fourth-order valence-electron chi connectivity index (χ4n) is 8.82. The normalized spacial score (nSPS) is 41.9. The minimum absolute atomic E-state index is 0.0369. The number of aliphatic hydroxyl groups excluding tert-OH is 2. The van der Waals surface area contributed by atoms with Crippen LogP contribution < -0.4 is 0 Å². The lowest BCUT2D eigenvalue weighted by atomic mass is 9.45. The van der Waals surface area contributed by atoms with Gasteiger partial charge in [-0.3, -0.25) is 4.79 Å². The Morgan fingerprint density at radius 2 is 2.11 bits per heavy atom. The summed E-state index contributed by atoms with van der Waals surface area (Å²) in [6, 6.07) is 1.85. The number of Topliss-reactive ketones (excluding diaryl/α,β-unsaturated/α-hetero) is 1. The summed E-state index contributed by atoms with van der Waals surface area (Å²) in [4.78, 5) is 21.2. The maximum atomic E-state index is 12.8. The summed E-state index contributed by atoms with van der Waals surface area (Å²) in [6.45, 7) is 5.49. The molecule has 0 saturated heterocycles. The van der Waals surface area contributed by atoms with Gasteiger partial charge in [0, 0.05) is 17.7 Å². The monoisotopic (exact) mass is 478 g/mol. The van der Waals surface area contributed by atoms with Crippen LogP contribution in [0.25, 0.3) is 11.9 Å². The van der Waals surface area contributed by atoms with E-state index in [1.54, 1.807) is 6.20 Å². The first-order valence-corrected chi connectivity index (χ1v) is 12.7. The zero-order chi connectivity index (χ0) is 24.8. The first kappa shape index (κ1) is 23.0. The van der Waals surface area contributed by atoms with Crippen LogP contribution in [0.4, 0.5) is 0 Å². The Bertz CT molecular complexity index is 1210. The Hall–Kier alpha value is -2.42. The van der Waals surface area contributed by atoms with E-state index in [9.17, 15) is 20.1 Å². The minimum Gasteiger partial charge on any atom is -0.393 e. The van der Waals surface area contributed by atoms with Gasteiger partial charge in [-0.1, -0.05) is 26.3 Å². The molecule has 8 nitrogen and oxygen atoms in total. The zero-order valence-corrected chi connectivity index (χ0v) is 20.6. The molecule has 6 rings (SSSR count). The van der Waals surface area contributed by atoms with E-state index in [-0.39, 0.29) is 29.1 Å². The summed E-state index contributed by atoms with van der Waals surface area (Å²) in [6.07, 6.45) is 10.5. The van der Waals surface area contributed by atoms with Crippen molar-refractivity contribution in [2.45, 2.75) is 64.6 Å². The van der Waals surface area contributed by atoms with Gasteiger partial charge in [0.2, 0.25) is 0 Å². The number of aliphatic hydroxyl groups is 3. The van der Waals surface area contributed by atoms with Gasteiger partial charge >= 0.3 is 0 Å². The summed E-state index contributed by atoms with van der Waals surface area (Å²) < 4.78 is 1.86. The van der Waals surface area contributed by atoms with Crippen LogP contribution in [-0.4, -0.2) is 59.2 Å². The molecule has 35 heavy (non-hydrogen) atoms. The molecule has 3 fully saturated rings. The highest BCUT2D eigenvalue weighted by atomic mass is 16.3. The van der Waals surface area contributed by atoms with Gasteiger partial charge in [0.05, 0.1) is 18.0 Å². The predicted molar refractivity (Wildman–Crippen MR) is 128 cm³/mol. The van der Waals surface area contributed by atoms with Crippen molar-refractivity contribution in [2.24, 2.45) is 34.5 Å². The lowest BCUT2D eigenvalue weighted by Crippen LogP contribution is -2.63. The van der Waals surface area contributed by atoms with Crippen LogP contribution in [-0.2, 0) is 11.2 Å². The molecule has 2 aromatic heterocycles. The highest BCUT2D eigenvalue weighted by molar-refractivity contribution is 5.90. The molecular weight excluding hydrogens is 444 g/mol. The Balaban J connectivity index is 1.39. The van der Waals surface area contributed by atoms with Crippen LogP contribution in [0.5, 0.6) is 0 Å². The lowest BCUT2D eigenvalue weighted by molar-refractivity contribution is -0.186. The molecule has 186 valence electrons. The van der Waals surface area contributed by atoms with E-state index in [1.165, 1.54) is 11.9 Å². The molecule has 0 aliphatic heterocycles. The average molecular weight is 479 g/mol. The second-order valence-corrected chi connectivity index (χ2v) is 11.8. The Morgan fingerprint density at radius 1 is 1.31 bits per heavy atom. The van der Waals surface area contributed by atoms with Crippen LogP contribution in [0.3, 0.4) is 0 Å². The smallest absolute Gasteiger partial charge is 0.190 e. The molecule has 2 aromatic rings. The summed E-state index contributed by atoms with van der Waals surface area (Å²) >= 11 is 0. The van der Waals surface area contributed by atoms with E-state index in [4.69, 9.17) is 0 Å². The summed E-state index contributed by atoms with van der Waals surface area (Å²) in [5.74, 6) is 0.327. The standard InChI is InChI=1S/C27H34N4O4/c1-15-8-19-18-5-4-17-9-20-16(12-30-31(20)23-6-7-28-14-29-23)10-25(17,2)24(18)21(33)11-26(19,3)27(15,35)22(34)13-32/h6-7,9,12,14-15,18-19,21,24,32-33,35H,4-5,8,10-11,13H2,1-3H3/t15-,18?,19?,21?,24?,25?,26?,27+/m1/s1. The van der Waals surface area contributed by atoms with Gasteiger partial charge in [0.15, 0.2) is 11.6 Å². The number of aromatic nitrogens is 4. The molecule has 0 bridgehead atoms. The molecular formula is C27H34N4O4. The minimum atomic E-state index is -1.60. The van der Waals surface area contributed by atoms with Gasteiger partial charge in [-0.25, -0.2) is 14.6 Å². The molecule has 0 amide bonds. The number of hydrogen-bond donors (Lipinski definition) is 3. The highest BCUT2D eigenvalue weighted by Gasteiger charge is 2.70. The summed E-state index contributed by atoms with van der Waals surface area (Å²) in [7, 11) is 0. The molecule has 3 saturated carbocycles. The number of rotatable bonds is 3. The van der Waals surface area contributed by atoms with Crippen molar-refractivity contribution in [1.29, 1.82) is 0 Å². The third-order valence-electron chi connectivity index (χ3n) is 10.4. The van der Waals surface area contributed by atoms with Crippen molar-refractivity contribution in [1.82, 2.24) is 19.7 Å². The van der Waals surface area contributed by atoms with Crippen molar-refractivity contribution in [2.75, 3.05) is 6.61 Å². The molecule has 3 N–H and O–H groups in total. The lowest BCUT2D eigenvalue weighted by Gasteiger charge is -2.60. The average Bonchev–Trinajstić information content (AvgIpc) is 3.33. The first-order valence-electron chi connectivity index (χ1n) is 12.7. The predicted octanol–water partition coefficient (Wildman–Crippen LogP) is 2.35. The van der Waals surface area contributed by atoms with Crippen molar-refractivity contribution in [3.63, 3.8) is 0 Å². The molecule has 6 unspecified atom stereocenters. The topological polar surface area (TPSA) is 121 Å². The van der Waals surface area contributed by atoms with Gasteiger partial charge in [0.25, 0.3) is 0 Å². The fraction of sp³-hybridized carbons (Fsp3) is 0.630. The molecule has 8 atom stereocenters. The van der Waals surface area contributed by atoms with E-state index in [0.717, 1.165) is 42.8 Å². The van der Waals surface area contributed by atoms with Gasteiger partial charge in [0.1, 0.15) is 18.5 Å². The van der Waals surface area contributed by atoms with Gasteiger partial charge in [-0.15, -0.1) is 0 Å². The van der Waals surface area contributed by atoms with E-state index in [1.807, 2.05) is 30.8 Å². The number of allylic oxidation sites excluding steroid dienone is 1. The Labute approximate surface area is 205 Å². The second kappa shape index (κ2) is 7.54. The molecule has 4 aliphatic rings. The molecule has 0 aromatic carbocycles. The summed E-state index contributed by atoms with van der Waals surface area (Å²) in [5.41, 5.74) is 0.944. The van der Waals surface area contributed by atoms with Crippen molar-refractivity contribution < 1.29 is 20.1 Å². The maximum Gasteiger partial charge on any atom is 0.190 e. The van der Waals surface area contributed by atoms with Crippen LogP contribution >= 0.6 is 0 Å². The molecule has 8 heteroatoms. The van der Waals surface area contributed by atoms with E-state index < -0.39 is 29.5 Å². The zero-order valence-electron chi connectivity index (χ0n) is 20.6. The largest absolute Gasteiger partial charge is 0.393 e. The quantitative estimate of drug-likeness (QED) is 0.619. The summed E-state index contributed by atoms with van der Waals surface area (Å²) in [5, 5.41) is 37.6. The van der Waals surface area contributed by atoms with Crippen molar-refractivity contribution in [3.05, 3.63) is 41.6 Å². The maximum absolute atomic E-state index is 12.8. The van der Waals surface area contributed by atoms with E-state index in [0.29, 0.717) is 6.42 Å². The van der Waals surface area contributed by atoms with Crippen molar-refractivity contribution >= 4 is 11.9 Å². The number of fused-ring (bicyclic) bond motifs is 6. The van der Waals surface area contributed by atoms with Crippen LogP contribution in [0.2, 0.25) is 0 Å². The molecule has 0 radical (unpaired) electrons. The number of ketones is 1. The van der Waals surface area contributed by atoms with Crippen LogP contribution in [0, 0.1) is 34.5 Å². The van der Waals surface area contributed by atoms with E-state index >= 15 is 0 Å². The number of carbonyl (C=O) groups is 1. The Kier molecular flexibility index (Phi) is 4.96. The number of carbonyl (C=O) groups excluding carboxylic acids is 1. The van der Waals surface area contributed by atoms with E-state index in [2.05, 4.69) is 28.1 Å².